The van der Waals surface area contributed by atoms with E-state index in [1.807, 2.05) is 18.8 Å². The fourth-order valence-electron chi connectivity index (χ4n) is 3.70. The van der Waals surface area contributed by atoms with E-state index in [2.05, 4.69) is 57.3 Å². The van der Waals surface area contributed by atoms with Gasteiger partial charge in [-0.05, 0) is 50.0 Å². The zero-order chi connectivity index (χ0) is 17.5. The summed E-state index contributed by atoms with van der Waals surface area (Å²) < 4.78 is 0. The quantitative estimate of drug-likeness (QED) is 0.243. The molecule has 26 heavy (non-hydrogen) atoms. The molecule has 0 spiro atoms. The van der Waals surface area contributed by atoms with E-state index in [1.165, 1.54) is 42.1 Å². The summed E-state index contributed by atoms with van der Waals surface area (Å²) in [7, 11) is 1.86. The topological polar surface area (TPSA) is 52.2 Å². The van der Waals surface area contributed by atoms with Crippen molar-refractivity contribution in [2.75, 3.05) is 19.8 Å². The molecule has 1 aromatic carbocycles. The van der Waals surface area contributed by atoms with Crippen molar-refractivity contribution in [1.82, 2.24) is 15.6 Å². The second-order valence-electron chi connectivity index (χ2n) is 6.83. The van der Waals surface area contributed by atoms with Crippen molar-refractivity contribution in [3.8, 4) is 0 Å². The van der Waals surface area contributed by atoms with Gasteiger partial charge in [-0.15, -0.1) is 24.0 Å². The van der Waals surface area contributed by atoms with Gasteiger partial charge in [-0.2, -0.15) is 11.8 Å². The molecule has 4 nitrogen and oxygen atoms in total. The Bertz CT molecular complexity index is 700. The Labute approximate surface area is 178 Å². The SMILES string of the molecule is CN=C(NCCCc1c[nH]c2ccccc12)NC1CCCC(SC)C1.I. The molecular formula is C20H31IN4S. The molecule has 6 heteroatoms. The smallest absolute Gasteiger partial charge is 0.191 e. The van der Waals surface area contributed by atoms with Crippen LogP contribution in [0.5, 0.6) is 0 Å². The second-order valence-corrected chi connectivity index (χ2v) is 7.97. The number of aromatic amines is 1. The summed E-state index contributed by atoms with van der Waals surface area (Å²) in [6.07, 6.45) is 11.7. The maximum absolute atomic E-state index is 4.40. The predicted octanol–water partition coefficient (Wildman–Crippen LogP) is 4.56. The van der Waals surface area contributed by atoms with Gasteiger partial charge in [0.1, 0.15) is 0 Å². The first-order valence-electron chi connectivity index (χ1n) is 9.35. The number of nitrogens with zero attached hydrogens (tertiary/aromatic N) is 1. The van der Waals surface area contributed by atoms with Gasteiger partial charge < -0.3 is 15.6 Å². The van der Waals surface area contributed by atoms with Crippen molar-refractivity contribution >= 4 is 52.6 Å². The van der Waals surface area contributed by atoms with E-state index in [4.69, 9.17) is 0 Å². The normalized spacial score (nSPS) is 20.6. The van der Waals surface area contributed by atoms with Gasteiger partial charge in [0.05, 0.1) is 0 Å². The molecule has 1 aromatic heterocycles. The molecule has 0 saturated heterocycles. The van der Waals surface area contributed by atoms with Crippen LogP contribution < -0.4 is 10.6 Å². The third kappa shape index (κ3) is 5.81. The van der Waals surface area contributed by atoms with Gasteiger partial charge in [0.2, 0.25) is 0 Å². The Morgan fingerprint density at radius 1 is 1.31 bits per heavy atom. The average molecular weight is 486 g/mol. The highest BCUT2D eigenvalue weighted by Gasteiger charge is 2.21. The lowest BCUT2D eigenvalue weighted by Gasteiger charge is -2.29. The van der Waals surface area contributed by atoms with E-state index in [0.29, 0.717) is 6.04 Å². The van der Waals surface area contributed by atoms with Gasteiger partial charge in [-0.3, -0.25) is 4.99 Å². The number of fused-ring (bicyclic) bond motifs is 1. The highest BCUT2D eigenvalue weighted by molar-refractivity contribution is 14.0. The number of hydrogen-bond acceptors (Lipinski definition) is 2. The monoisotopic (exact) mass is 486 g/mol. The van der Waals surface area contributed by atoms with Crippen molar-refractivity contribution < 1.29 is 0 Å². The summed E-state index contributed by atoms with van der Waals surface area (Å²) in [5.74, 6) is 0.950. The van der Waals surface area contributed by atoms with Crippen LogP contribution in [0.25, 0.3) is 10.9 Å². The Morgan fingerprint density at radius 3 is 2.96 bits per heavy atom. The lowest BCUT2D eigenvalue weighted by atomic mass is 9.95. The molecule has 1 heterocycles. The Hall–Kier alpha value is -0.890. The zero-order valence-electron chi connectivity index (χ0n) is 15.8. The summed E-state index contributed by atoms with van der Waals surface area (Å²) in [6.45, 7) is 0.942. The average Bonchev–Trinajstić information content (AvgIpc) is 3.07. The first-order chi connectivity index (χ1) is 12.3. The van der Waals surface area contributed by atoms with Gasteiger partial charge in [0.15, 0.2) is 5.96 Å². The minimum Gasteiger partial charge on any atom is -0.361 e. The Morgan fingerprint density at radius 2 is 2.15 bits per heavy atom. The predicted molar refractivity (Wildman–Crippen MR) is 126 cm³/mol. The van der Waals surface area contributed by atoms with Crippen LogP contribution in [0.4, 0.5) is 0 Å². The van der Waals surface area contributed by atoms with Crippen LogP contribution in [-0.4, -0.2) is 42.1 Å². The molecular weight excluding hydrogens is 455 g/mol. The maximum atomic E-state index is 4.40. The highest BCUT2D eigenvalue weighted by atomic mass is 127. The molecule has 2 unspecified atom stereocenters. The number of guanidine groups is 1. The van der Waals surface area contributed by atoms with Gasteiger partial charge in [0, 0.05) is 42.0 Å². The number of aliphatic imine (C=N–C) groups is 1. The highest BCUT2D eigenvalue weighted by Crippen LogP contribution is 2.26. The van der Waals surface area contributed by atoms with Crippen LogP contribution in [-0.2, 0) is 6.42 Å². The molecule has 1 saturated carbocycles. The molecule has 0 aliphatic heterocycles. The van der Waals surface area contributed by atoms with Crippen molar-refractivity contribution in [2.24, 2.45) is 4.99 Å². The summed E-state index contributed by atoms with van der Waals surface area (Å²) >= 11 is 2.00. The minimum absolute atomic E-state index is 0. The van der Waals surface area contributed by atoms with Crippen LogP contribution in [0.2, 0.25) is 0 Å². The van der Waals surface area contributed by atoms with Crippen LogP contribution in [0.1, 0.15) is 37.7 Å². The van der Waals surface area contributed by atoms with E-state index >= 15 is 0 Å². The van der Waals surface area contributed by atoms with Crippen LogP contribution >= 0.6 is 35.7 Å². The number of H-pyrrole nitrogens is 1. The molecule has 0 amide bonds. The lowest BCUT2D eigenvalue weighted by molar-refractivity contribution is 0.419. The number of rotatable bonds is 6. The van der Waals surface area contributed by atoms with E-state index in [0.717, 1.165) is 30.6 Å². The van der Waals surface area contributed by atoms with Gasteiger partial charge in [-0.25, -0.2) is 0 Å². The first kappa shape index (κ1) is 21.4. The van der Waals surface area contributed by atoms with E-state index in [1.54, 1.807) is 0 Å². The fraction of sp³-hybridized carbons (Fsp3) is 0.550. The summed E-state index contributed by atoms with van der Waals surface area (Å²) in [5.41, 5.74) is 2.62. The molecule has 2 aromatic rings. The van der Waals surface area contributed by atoms with Crippen molar-refractivity contribution in [3.63, 3.8) is 0 Å². The molecule has 1 fully saturated rings. The molecule has 3 N–H and O–H groups in total. The molecule has 0 bridgehead atoms. The zero-order valence-corrected chi connectivity index (χ0v) is 18.9. The molecule has 1 aliphatic carbocycles. The summed E-state index contributed by atoms with van der Waals surface area (Å²) in [5, 5.41) is 9.23. The Kier molecular flexibility index (Phi) is 9.11. The molecule has 144 valence electrons. The number of halogens is 1. The fourth-order valence-corrected chi connectivity index (χ4v) is 4.53. The first-order valence-corrected chi connectivity index (χ1v) is 10.6. The number of benzene rings is 1. The van der Waals surface area contributed by atoms with Crippen molar-refractivity contribution in [1.29, 1.82) is 0 Å². The standard InChI is InChI=1S/C20H30N4S.HI/c1-21-20(24-16-8-5-9-17(13-16)25-2)22-12-6-7-15-14-23-19-11-4-3-10-18(15)19;/h3-4,10-11,14,16-17,23H,5-9,12-13H2,1-2H3,(H2,21,22,24);1H. The van der Waals surface area contributed by atoms with E-state index in [-0.39, 0.29) is 24.0 Å². The molecule has 1 aliphatic rings. The number of thioether (sulfide) groups is 1. The van der Waals surface area contributed by atoms with E-state index < -0.39 is 0 Å². The van der Waals surface area contributed by atoms with Crippen LogP contribution in [0.15, 0.2) is 35.5 Å². The lowest BCUT2D eigenvalue weighted by Crippen LogP contribution is -2.45. The van der Waals surface area contributed by atoms with Gasteiger partial charge >= 0.3 is 0 Å². The second kappa shape index (κ2) is 11.1. The summed E-state index contributed by atoms with van der Waals surface area (Å²) in [4.78, 5) is 7.75. The minimum atomic E-state index is 0. The molecule has 0 radical (unpaired) electrons. The van der Waals surface area contributed by atoms with Crippen molar-refractivity contribution in [2.45, 2.75) is 49.8 Å². The number of para-hydroxylation sites is 1. The number of aromatic nitrogens is 1. The maximum Gasteiger partial charge on any atom is 0.191 e. The summed E-state index contributed by atoms with van der Waals surface area (Å²) in [6, 6.07) is 9.07. The Balaban J connectivity index is 0.00000243. The molecule has 2 atom stereocenters. The number of hydrogen-bond donors (Lipinski definition) is 3. The van der Waals surface area contributed by atoms with Crippen molar-refractivity contribution in [3.05, 3.63) is 36.0 Å². The number of aryl methyl sites for hydroxylation is 1. The third-order valence-electron chi connectivity index (χ3n) is 5.11. The number of nitrogens with one attached hydrogen (secondary N) is 3. The third-order valence-corrected chi connectivity index (χ3v) is 6.21. The van der Waals surface area contributed by atoms with Crippen LogP contribution in [0, 0.1) is 0 Å². The largest absolute Gasteiger partial charge is 0.361 e. The van der Waals surface area contributed by atoms with Crippen LogP contribution in [0.3, 0.4) is 0 Å². The van der Waals surface area contributed by atoms with Gasteiger partial charge in [-0.1, -0.05) is 24.6 Å². The molecule has 3 rings (SSSR count). The van der Waals surface area contributed by atoms with E-state index in [9.17, 15) is 0 Å². The van der Waals surface area contributed by atoms with Gasteiger partial charge in [0.25, 0.3) is 0 Å².